The average Bonchev–Trinajstić information content (AvgIpc) is 3.06. The minimum atomic E-state index is 0.227. The smallest absolute Gasteiger partial charge is 0.227 e. The molecule has 0 spiro atoms. The number of rotatable bonds is 4. The largest absolute Gasteiger partial charge is 0.342 e. The van der Waals surface area contributed by atoms with E-state index in [0.29, 0.717) is 12.3 Å². The number of carbonyl (C=O) groups excluding carboxylic acids is 1. The molecule has 1 amide bonds. The summed E-state index contributed by atoms with van der Waals surface area (Å²) in [7, 11) is 0. The summed E-state index contributed by atoms with van der Waals surface area (Å²) >= 11 is 1.65. The van der Waals surface area contributed by atoms with Crippen LogP contribution in [-0.4, -0.2) is 39.1 Å². The molecule has 1 N–H and O–H groups in total. The van der Waals surface area contributed by atoms with E-state index >= 15 is 0 Å². The Bertz CT molecular complexity index is 647. The summed E-state index contributed by atoms with van der Waals surface area (Å²) in [4.78, 5) is 20.2. The molecule has 4 rings (SSSR count). The lowest BCUT2D eigenvalue weighted by atomic mass is 9.97. The van der Waals surface area contributed by atoms with Crippen molar-refractivity contribution in [3.05, 3.63) is 34.0 Å². The van der Waals surface area contributed by atoms with Crippen LogP contribution in [-0.2, 0) is 11.2 Å². The van der Waals surface area contributed by atoms with Gasteiger partial charge in [-0.3, -0.25) is 9.89 Å². The molecule has 0 unspecified atom stereocenters. The second-order valence-corrected chi connectivity index (χ2v) is 7.32. The van der Waals surface area contributed by atoms with Crippen LogP contribution in [0.2, 0.25) is 0 Å². The van der Waals surface area contributed by atoms with Crippen LogP contribution in [0, 0.1) is 0 Å². The van der Waals surface area contributed by atoms with Crippen LogP contribution in [0.25, 0.3) is 0 Å². The van der Waals surface area contributed by atoms with Crippen LogP contribution < -0.4 is 0 Å². The number of nitrogens with one attached hydrogen (secondary N) is 1. The fraction of sp³-hybridized carbons (Fsp3) is 0.562. The Morgan fingerprint density at radius 3 is 3.05 bits per heavy atom. The lowest BCUT2D eigenvalue weighted by Gasteiger charge is -2.31. The molecule has 2 aromatic heterocycles. The first kappa shape index (κ1) is 13.9. The van der Waals surface area contributed by atoms with Gasteiger partial charge in [0.25, 0.3) is 0 Å². The van der Waals surface area contributed by atoms with E-state index in [0.717, 1.165) is 42.5 Å². The van der Waals surface area contributed by atoms with Gasteiger partial charge < -0.3 is 4.90 Å². The molecule has 0 radical (unpaired) electrons. The van der Waals surface area contributed by atoms with E-state index in [-0.39, 0.29) is 11.8 Å². The second-order valence-electron chi connectivity index (χ2n) is 6.29. The summed E-state index contributed by atoms with van der Waals surface area (Å²) in [5, 5.41) is 9.50. The van der Waals surface area contributed by atoms with E-state index in [1.807, 2.05) is 22.4 Å². The van der Waals surface area contributed by atoms with Gasteiger partial charge in [-0.25, -0.2) is 4.98 Å². The number of hydrogen-bond donors (Lipinski definition) is 1. The second kappa shape index (κ2) is 5.83. The van der Waals surface area contributed by atoms with E-state index in [2.05, 4.69) is 15.2 Å². The van der Waals surface area contributed by atoms with Gasteiger partial charge in [0.15, 0.2) is 5.82 Å². The highest BCUT2D eigenvalue weighted by Gasteiger charge is 2.31. The minimum Gasteiger partial charge on any atom is -0.342 e. The fourth-order valence-corrected chi connectivity index (χ4v) is 3.79. The number of thiophene rings is 1. The summed E-state index contributed by atoms with van der Waals surface area (Å²) in [5.41, 5.74) is 0. The molecule has 5 nitrogen and oxygen atoms in total. The van der Waals surface area contributed by atoms with Crippen molar-refractivity contribution in [2.75, 3.05) is 13.1 Å². The highest BCUT2D eigenvalue weighted by atomic mass is 32.1. The van der Waals surface area contributed by atoms with Crippen molar-refractivity contribution in [2.45, 2.75) is 43.9 Å². The van der Waals surface area contributed by atoms with Gasteiger partial charge in [0.1, 0.15) is 5.82 Å². The Labute approximate surface area is 133 Å². The summed E-state index contributed by atoms with van der Waals surface area (Å²) in [6.07, 6.45) is 5.08. The van der Waals surface area contributed by atoms with Gasteiger partial charge in [0.2, 0.25) is 5.91 Å². The number of likely N-dealkylation sites (tertiary alicyclic amines) is 1. The molecule has 3 heterocycles. The molecule has 1 aliphatic carbocycles. The highest BCUT2D eigenvalue weighted by Crippen LogP contribution is 2.38. The van der Waals surface area contributed by atoms with E-state index < -0.39 is 0 Å². The van der Waals surface area contributed by atoms with Crippen LogP contribution in [0.15, 0.2) is 17.5 Å². The van der Waals surface area contributed by atoms with Gasteiger partial charge in [0.05, 0.1) is 6.42 Å². The van der Waals surface area contributed by atoms with Crippen molar-refractivity contribution < 1.29 is 4.79 Å². The Morgan fingerprint density at radius 2 is 2.27 bits per heavy atom. The quantitative estimate of drug-likeness (QED) is 0.943. The zero-order valence-corrected chi connectivity index (χ0v) is 13.3. The van der Waals surface area contributed by atoms with Gasteiger partial charge in [-0.05, 0) is 37.1 Å². The summed E-state index contributed by atoms with van der Waals surface area (Å²) < 4.78 is 0. The first-order chi connectivity index (χ1) is 10.8. The van der Waals surface area contributed by atoms with E-state index in [1.165, 1.54) is 12.8 Å². The molecular weight excluding hydrogens is 296 g/mol. The molecule has 1 atom stereocenters. The molecule has 1 saturated carbocycles. The van der Waals surface area contributed by atoms with E-state index in [1.54, 1.807) is 11.3 Å². The summed E-state index contributed by atoms with van der Waals surface area (Å²) in [6.45, 7) is 1.62. The van der Waals surface area contributed by atoms with Gasteiger partial charge >= 0.3 is 0 Å². The van der Waals surface area contributed by atoms with Crippen LogP contribution in [0.4, 0.5) is 0 Å². The average molecular weight is 316 g/mol. The van der Waals surface area contributed by atoms with Crippen molar-refractivity contribution in [3.63, 3.8) is 0 Å². The van der Waals surface area contributed by atoms with Crippen LogP contribution in [0.3, 0.4) is 0 Å². The lowest BCUT2D eigenvalue weighted by Crippen LogP contribution is -2.40. The Kier molecular flexibility index (Phi) is 3.70. The molecule has 116 valence electrons. The number of aromatic nitrogens is 3. The maximum atomic E-state index is 12.4. The molecule has 1 saturated heterocycles. The van der Waals surface area contributed by atoms with Crippen molar-refractivity contribution in [1.29, 1.82) is 0 Å². The van der Waals surface area contributed by atoms with Gasteiger partial charge in [-0.15, -0.1) is 11.3 Å². The molecule has 2 fully saturated rings. The van der Waals surface area contributed by atoms with Gasteiger partial charge in [-0.2, -0.15) is 5.10 Å². The minimum absolute atomic E-state index is 0.227. The maximum Gasteiger partial charge on any atom is 0.227 e. The van der Waals surface area contributed by atoms with E-state index in [4.69, 9.17) is 0 Å². The lowest BCUT2D eigenvalue weighted by molar-refractivity contribution is -0.131. The number of H-pyrrole nitrogens is 1. The Morgan fingerprint density at radius 1 is 1.36 bits per heavy atom. The number of nitrogens with zero attached hydrogens (tertiary/aromatic N) is 3. The number of hydrogen-bond acceptors (Lipinski definition) is 4. The molecule has 6 heteroatoms. The molecule has 22 heavy (non-hydrogen) atoms. The molecule has 2 aliphatic rings. The zero-order valence-electron chi connectivity index (χ0n) is 12.5. The SMILES string of the molecule is O=C(Cc1cccs1)N1CCC[C@@H](c2n[nH]c(C3CC3)n2)C1. The first-order valence-electron chi connectivity index (χ1n) is 8.02. The maximum absolute atomic E-state index is 12.4. The van der Waals surface area contributed by atoms with Crippen LogP contribution >= 0.6 is 11.3 Å². The van der Waals surface area contributed by atoms with E-state index in [9.17, 15) is 4.79 Å². The van der Waals surface area contributed by atoms with Crippen molar-refractivity contribution in [1.82, 2.24) is 20.1 Å². The third-order valence-corrected chi connectivity index (χ3v) is 5.41. The number of aromatic amines is 1. The molecule has 1 aliphatic heterocycles. The van der Waals surface area contributed by atoms with Crippen molar-refractivity contribution >= 4 is 17.2 Å². The monoisotopic (exact) mass is 316 g/mol. The predicted octanol–water partition coefficient (Wildman–Crippen LogP) is 2.69. The number of amides is 1. The third kappa shape index (κ3) is 2.92. The molecule has 0 aromatic carbocycles. The van der Waals surface area contributed by atoms with Gasteiger partial charge in [-0.1, -0.05) is 6.07 Å². The predicted molar refractivity (Wildman–Crippen MR) is 84.9 cm³/mol. The first-order valence-corrected chi connectivity index (χ1v) is 8.90. The summed E-state index contributed by atoms with van der Waals surface area (Å²) in [5.74, 6) is 3.05. The normalized spacial score (nSPS) is 22.0. The van der Waals surface area contributed by atoms with Crippen molar-refractivity contribution in [2.24, 2.45) is 0 Å². The Hall–Kier alpha value is -1.69. The Balaban J connectivity index is 1.41. The van der Waals surface area contributed by atoms with Crippen LogP contribution in [0.5, 0.6) is 0 Å². The molecular formula is C16H20N4OS. The molecule has 0 bridgehead atoms. The standard InChI is InChI=1S/C16H20N4OS/c21-14(9-13-4-2-8-22-13)20-7-1-3-12(10-20)16-17-15(18-19-16)11-5-6-11/h2,4,8,11-12H,1,3,5-7,9-10H2,(H,17,18,19)/t12-/m1/s1. The fourth-order valence-electron chi connectivity index (χ4n) is 3.10. The van der Waals surface area contributed by atoms with Crippen molar-refractivity contribution in [3.8, 4) is 0 Å². The topological polar surface area (TPSA) is 61.9 Å². The number of carbonyl (C=O) groups is 1. The number of piperidine rings is 1. The molecule has 2 aromatic rings. The van der Waals surface area contributed by atoms with Gasteiger partial charge in [0, 0.05) is 29.8 Å². The zero-order chi connectivity index (χ0) is 14.9. The van der Waals surface area contributed by atoms with Crippen LogP contribution in [0.1, 0.15) is 54.0 Å². The summed E-state index contributed by atoms with van der Waals surface area (Å²) in [6, 6.07) is 4.03. The third-order valence-electron chi connectivity index (χ3n) is 4.53. The highest BCUT2D eigenvalue weighted by molar-refractivity contribution is 7.10.